The molecule has 1 atom stereocenters. The fourth-order valence-corrected chi connectivity index (χ4v) is 2.42. The van der Waals surface area contributed by atoms with Gasteiger partial charge >= 0.3 is 5.97 Å². The number of hydrogen-bond donors (Lipinski definition) is 1. The van der Waals surface area contributed by atoms with E-state index in [1.165, 1.54) is 0 Å². The van der Waals surface area contributed by atoms with Crippen LogP contribution < -0.4 is 4.74 Å². The van der Waals surface area contributed by atoms with Crippen molar-refractivity contribution in [3.05, 3.63) is 29.8 Å². The number of likely N-dealkylation sites (tertiary alicyclic amines) is 1. The van der Waals surface area contributed by atoms with E-state index in [0.717, 1.165) is 11.3 Å². The Labute approximate surface area is 118 Å². The Morgan fingerprint density at radius 3 is 3.00 bits per heavy atom. The van der Waals surface area contributed by atoms with Gasteiger partial charge in [-0.05, 0) is 30.5 Å². The molecule has 1 aromatic carbocycles. The zero-order valence-electron chi connectivity index (χ0n) is 11.5. The highest BCUT2D eigenvalue weighted by atomic mass is 16.5. The molecular formula is C15H19NO4. The molecule has 1 heterocycles. The average molecular weight is 277 g/mol. The highest BCUT2D eigenvalue weighted by Crippen LogP contribution is 2.19. The quantitative estimate of drug-likeness (QED) is 0.887. The van der Waals surface area contributed by atoms with E-state index in [1.54, 1.807) is 12.0 Å². The molecule has 1 aliphatic rings. The highest BCUT2D eigenvalue weighted by Gasteiger charge is 2.29. The number of nitrogens with zero attached hydrogens (tertiary/aromatic N) is 1. The van der Waals surface area contributed by atoms with Crippen LogP contribution in [0.2, 0.25) is 0 Å². The van der Waals surface area contributed by atoms with Gasteiger partial charge in [-0.3, -0.25) is 9.59 Å². The molecule has 1 N–H and O–H groups in total. The monoisotopic (exact) mass is 277 g/mol. The molecule has 0 spiro atoms. The van der Waals surface area contributed by atoms with Gasteiger partial charge in [0.25, 0.3) is 0 Å². The lowest BCUT2D eigenvalue weighted by Gasteiger charge is -2.30. The Hall–Kier alpha value is -2.04. The van der Waals surface area contributed by atoms with Crippen LogP contribution in [-0.4, -0.2) is 42.1 Å². The van der Waals surface area contributed by atoms with Gasteiger partial charge in [-0.1, -0.05) is 12.1 Å². The molecule has 108 valence electrons. The van der Waals surface area contributed by atoms with Crippen LogP contribution in [0.15, 0.2) is 24.3 Å². The molecule has 5 nitrogen and oxygen atoms in total. The second-order valence-corrected chi connectivity index (χ2v) is 5.02. The Bertz CT molecular complexity index is 500. The summed E-state index contributed by atoms with van der Waals surface area (Å²) in [5.74, 6) is -0.414. The fraction of sp³-hybridized carbons (Fsp3) is 0.467. The van der Waals surface area contributed by atoms with Crippen molar-refractivity contribution in [2.75, 3.05) is 20.2 Å². The number of aliphatic carboxylic acids is 1. The van der Waals surface area contributed by atoms with E-state index >= 15 is 0 Å². The normalized spacial score (nSPS) is 18.9. The number of rotatable bonds is 5. The van der Waals surface area contributed by atoms with Gasteiger partial charge in [0.15, 0.2) is 0 Å². The number of methoxy groups -OCH3 is 1. The summed E-state index contributed by atoms with van der Waals surface area (Å²) in [5, 5.41) is 9.04. The average Bonchev–Trinajstić information content (AvgIpc) is 2.46. The maximum absolute atomic E-state index is 11.8. The third-order valence-electron chi connectivity index (χ3n) is 3.65. The Balaban J connectivity index is 1.94. The van der Waals surface area contributed by atoms with Crippen molar-refractivity contribution in [3.63, 3.8) is 0 Å². The molecular weight excluding hydrogens is 258 g/mol. The van der Waals surface area contributed by atoms with E-state index < -0.39 is 11.9 Å². The van der Waals surface area contributed by atoms with E-state index in [9.17, 15) is 9.59 Å². The minimum atomic E-state index is -0.816. The topological polar surface area (TPSA) is 66.8 Å². The van der Waals surface area contributed by atoms with Crippen molar-refractivity contribution >= 4 is 11.9 Å². The first kappa shape index (κ1) is 14.4. The van der Waals surface area contributed by atoms with Crippen molar-refractivity contribution in [1.29, 1.82) is 0 Å². The van der Waals surface area contributed by atoms with E-state index in [2.05, 4.69) is 0 Å². The summed E-state index contributed by atoms with van der Waals surface area (Å²) >= 11 is 0. The maximum Gasteiger partial charge on any atom is 0.308 e. The number of carboxylic acids is 1. The third kappa shape index (κ3) is 3.50. The molecule has 0 aliphatic carbocycles. The van der Waals surface area contributed by atoms with Crippen LogP contribution in [-0.2, 0) is 16.0 Å². The number of ether oxygens (including phenoxy) is 1. The fourth-order valence-electron chi connectivity index (χ4n) is 2.42. The number of amides is 1. The first-order chi connectivity index (χ1) is 9.60. The Morgan fingerprint density at radius 2 is 2.30 bits per heavy atom. The van der Waals surface area contributed by atoms with E-state index in [-0.39, 0.29) is 5.91 Å². The number of benzene rings is 1. The predicted molar refractivity (Wildman–Crippen MR) is 73.6 cm³/mol. The lowest BCUT2D eigenvalue weighted by Crippen LogP contribution is -2.43. The van der Waals surface area contributed by atoms with Gasteiger partial charge < -0.3 is 14.7 Å². The molecule has 1 saturated heterocycles. The second kappa shape index (κ2) is 6.41. The SMILES string of the molecule is COc1cccc(CCN2CC(C(=O)O)CCC2=O)c1. The van der Waals surface area contributed by atoms with Crippen LogP contribution in [0.1, 0.15) is 18.4 Å². The van der Waals surface area contributed by atoms with E-state index in [0.29, 0.717) is 32.4 Å². The number of hydrogen-bond acceptors (Lipinski definition) is 3. The van der Waals surface area contributed by atoms with Crippen molar-refractivity contribution in [3.8, 4) is 5.75 Å². The van der Waals surface area contributed by atoms with Gasteiger partial charge in [0, 0.05) is 19.5 Å². The lowest BCUT2D eigenvalue weighted by atomic mass is 9.97. The molecule has 1 unspecified atom stereocenters. The summed E-state index contributed by atoms with van der Waals surface area (Å²) in [5.41, 5.74) is 1.08. The second-order valence-electron chi connectivity index (χ2n) is 5.02. The standard InChI is InChI=1S/C15H19NO4/c1-20-13-4-2-3-11(9-13)7-8-16-10-12(15(18)19)5-6-14(16)17/h2-4,9,12H,5-8,10H2,1H3,(H,18,19). The molecule has 1 fully saturated rings. The minimum Gasteiger partial charge on any atom is -0.497 e. The molecule has 0 radical (unpaired) electrons. The van der Waals surface area contributed by atoms with E-state index in [1.807, 2.05) is 24.3 Å². The molecule has 1 amide bonds. The largest absolute Gasteiger partial charge is 0.497 e. The Kier molecular flexibility index (Phi) is 4.61. The van der Waals surface area contributed by atoms with Crippen molar-refractivity contribution in [2.45, 2.75) is 19.3 Å². The van der Waals surface area contributed by atoms with Crippen molar-refractivity contribution in [2.24, 2.45) is 5.92 Å². The van der Waals surface area contributed by atoms with Gasteiger partial charge in [-0.2, -0.15) is 0 Å². The van der Waals surface area contributed by atoms with E-state index in [4.69, 9.17) is 9.84 Å². The lowest BCUT2D eigenvalue weighted by molar-refractivity contribution is -0.147. The van der Waals surface area contributed by atoms with Crippen LogP contribution in [0.5, 0.6) is 5.75 Å². The van der Waals surface area contributed by atoms with Crippen LogP contribution >= 0.6 is 0 Å². The van der Waals surface area contributed by atoms with Crippen molar-refractivity contribution in [1.82, 2.24) is 4.90 Å². The third-order valence-corrected chi connectivity index (χ3v) is 3.65. The zero-order chi connectivity index (χ0) is 14.5. The van der Waals surface area contributed by atoms with Crippen LogP contribution in [0.25, 0.3) is 0 Å². The molecule has 1 aliphatic heterocycles. The summed E-state index contributed by atoms with van der Waals surface area (Å²) in [6.45, 7) is 0.869. The molecule has 0 saturated carbocycles. The summed E-state index contributed by atoms with van der Waals surface area (Å²) < 4.78 is 5.16. The van der Waals surface area contributed by atoms with Gasteiger partial charge in [-0.25, -0.2) is 0 Å². The molecule has 5 heteroatoms. The first-order valence-corrected chi connectivity index (χ1v) is 6.73. The molecule has 20 heavy (non-hydrogen) atoms. The summed E-state index contributed by atoms with van der Waals surface area (Å²) in [4.78, 5) is 24.5. The summed E-state index contributed by atoms with van der Waals surface area (Å²) in [7, 11) is 1.62. The summed E-state index contributed by atoms with van der Waals surface area (Å²) in [6.07, 6.45) is 1.48. The van der Waals surface area contributed by atoms with Gasteiger partial charge in [0.1, 0.15) is 5.75 Å². The minimum absolute atomic E-state index is 0.0467. The smallest absolute Gasteiger partial charge is 0.308 e. The Morgan fingerprint density at radius 1 is 1.50 bits per heavy atom. The predicted octanol–water partition coefficient (Wildman–Crippen LogP) is 1.56. The maximum atomic E-state index is 11.8. The number of carbonyl (C=O) groups is 2. The molecule has 0 bridgehead atoms. The number of piperidine rings is 1. The highest BCUT2D eigenvalue weighted by molar-refractivity contribution is 5.80. The number of carboxylic acid groups (broad SMARTS) is 1. The first-order valence-electron chi connectivity index (χ1n) is 6.73. The van der Waals surface area contributed by atoms with Crippen LogP contribution in [0.4, 0.5) is 0 Å². The van der Waals surface area contributed by atoms with Crippen LogP contribution in [0.3, 0.4) is 0 Å². The number of carbonyl (C=O) groups excluding carboxylic acids is 1. The van der Waals surface area contributed by atoms with Crippen molar-refractivity contribution < 1.29 is 19.4 Å². The van der Waals surface area contributed by atoms with Crippen LogP contribution in [0, 0.1) is 5.92 Å². The van der Waals surface area contributed by atoms with Gasteiger partial charge in [0.2, 0.25) is 5.91 Å². The molecule has 0 aromatic heterocycles. The summed E-state index contributed by atoms with van der Waals surface area (Å²) in [6, 6.07) is 7.69. The zero-order valence-corrected chi connectivity index (χ0v) is 11.5. The van der Waals surface area contributed by atoms with Gasteiger partial charge in [0.05, 0.1) is 13.0 Å². The molecule has 1 aromatic rings. The molecule has 2 rings (SSSR count). The van der Waals surface area contributed by atoms with Gasteiger partial charge in [-0.15, -0.1) is 0 Å².